The van der Waals surface area contributed by atoms with Crippen LogP contribution in [0.2, 0.25) is 10.0 Å². The minimum Gasteiger partial charge on any atom is -0.486 e. The normalized spacial score (nSPS) is 11.4. The maximum atomic E-state index is 13.8. The van der Waals surface area contributed by atoms with Gasteiger partial charge >= 0.3 is 0 Å². The Morgan fingerprint density at radius 1 is 1.10 bits per heavy atom. The van der Waals surface area contributed by atoms with E-state index in [1.54, 1.807) is 18.2 Å². The summed E-state index contributed by atoms with van der Waals surface area (Å²) < 4.78 is 41.2. The Morgan fingerprint density at radius 2 is 1.81 bits per heavy atom. The fraction of sp³-hybridized carbons (Fsp3) is 0.0769. The van der Waals surface area contributed by atoms with Gasteiger partial charge in [0.05, 0.1) is 4.90 Å². The lowest BCUT2D eigenvalue weighted by atomic mass is 10.2. The summed E-state index contributed by atoms with van der Waals surface area (Å²) >= 11 is 11.8. The van der Waals surface area contributed by atoms with Gasteiger partial charge in [-0.3, -0.25) is 0 Å². The molecule has 0 atom stereocenters. The first kappa shape index (κ1) is 16.4. The van der Waals surface area contributed by atoms with Crippen molar-refractivity contribution in [3.05, 3.63) is 57.8 Å². The zero-order chi connectivity index (χ0) is 15.6. The van der Waals surface area contributed by atoms with Crippen molar-refractivity contribution in [1.29, 1.82) is 0 Å². The van der Waals surface area contributed by atoms with Crippen LogP contribution in [0.4, 0.5) is 4.39 Å². The van der Waals surface area contributed by atoms with Crippen molar-refractivity contribution < 1.29 is 17.5 Å². The second kappa shape index (κ2) is 6.40. The van der Waals surface area contributed by atoms with Crippen LogP contribution in [-0.4, -0.2) is 8.42 Å². The summed E-state index contributed by atoms with van der Waals surface area (Å²) in [5.74, 6) is -0.954. The third kappa shape index (κ3) is 4.23. The van der Waals surface area contributed by atoms with Crippen LogP contribution in [0.5, 0.6) is 5.75 Å². The van der Waals surface area contributed by atoms with Crippen LogP contribution in [0.3, 0.4) is 0 Å². The Labute approximate surface area is 135 Å². The third-order valence-electron chi connectivity index (χ3n) is 2.58. The molecule has 0 aromatic heterocycles. The highest BCUT2D eigenvalue weighted by molar-refractivity contribution is 8.13. The highest BCUT2D eigenvalue weighted by atomic mass is 35.7. The average Bonchev–Trinajstić information content (AvgIpc) is 2.40. The molecular formula is C13H8Cl3FO3S. The molecule has 0 amide bonds. The Bertz CT molecular complexity index is 778. The van der Waals surface area contributed by atoms with Crippen LogP contribution in [0.15, 0.2) is 41.3 Å². The summed E-state index contributed by atoms with van der Waals surface area (Å²) in [5, 5.41) is 0.904. The molecule has 0 fully saturated rings. The van der Waals surface area contributed by atoms with Crippen LogP contribution in [0, 0.1) is 5.82 Å². The molecule has 0 aliphatic heterocycles. The number of halogens is 4. The first-order chi connectivity index (χ1) is 9.77. The van der Waals surface area contributed by atoms with E-state index in [9.17, 15) is 12.8 Å². The molecule has 0 spiro atoms. The van der Waals surface area contributed by atoms with Crippen molar-refractivity contribution >= 4 is 42.9 Å². The minimum absolute atomic E-state index is 0.0106. The molecule has 0 bridgehead atoms. The highest BCUT2D eigenvalue weighted by Gasteiger charge is 2.14. The predicted octanol–water partition coefficient (Wildman–Crippen LogP) is 4.64. The molecule has 2 rings (SSSR count). The van der Waals surface area contributed by atoms with E-state index in [1.807, 2.05) is 0 Å². The Hall–Kier alpha value is -1.01. The number of rotatable bonds is 4. The fourth-order valence-electron chi connectivity index (χ4n) is 1.56. The van der Waals surface area contributed by atoms with Gasteiger partial charge in [0.1, 0.15) is 6.61 Å². The molecule has 0 unspecified atom stereocenters. The summed E-state index contributed by atoms with van der Waals surface area (Å²) in [6.07, 6.45) is 0. The largest absolute Gasteiger partial charge is 0.486 e. The molecule has 0 heterocycles. The number of benzene rings is 2. The highest BCUT2D eigenvalue weighted by Crippen LogP contribution is 2.26. The van der Waals surface area contributed by atoms with E-state index in [-0.39, 0.29) is 17.3 Å². The summed E-state index contributed by atoms with van der Waals surface area (Å²) in [5.41, 5.74) is 0.581. The average molecular weight is 370 g/mol. The van der Waals surface area contributed by atoms with Gasteiger partial charge < -0.3 is 4.74 Å². The SMILES string of the molecule is O=S(=O)(Cl)c1ccc(OCc2cc(Cl)ccc2Cl)c(F)c1. The van der Waals surface area contributed by atoms with Crippen molar-refractivity contribution in [1.82, 2.24) is 0 Å². The Balaban J connectivity index is 2.19. The van der Waals surface area contributed by atoms with Crippen LogP contribution in [0.1, 0.15) is 5.56 Å². The summed E-state index contributed by atoms with van der Waals surface area (Å²) in [6.45, 7) is -0.0106. The lowest BCUT2D eigenvalue weighted by Crippen LogP contribution is -2.00. The van der Waals surface area contributed by atoms with Gasteiger partial charge in [-0.1, -0.05) is 23.2 Å². The molecular weight excluding hydrogens is 362 g/mol. The van der Waals surface area contributed by atoms with E-state index in [1.165, 1.54) is 6.07 Å². The molecule has 3 nitrogen and oxygen atoms in total. The topological polar surface area (TPSA) is 43.4 Å². The molecule has 0 saturated carbocycles. The predicted molar refractivity (Wildman–Crippen MR) is 80.2 cm³/mol. The van der Waals surface area contributed by atoms with Crippen molar-refractivity contribution in [2.24, 2.45) is 0 Å². The van der Waals surface area contributed by atoms with Gasteiger partial charge in [-0.2, -0.15) is 0 Å². The summed E-state index contributed by atoms with van der Waals surface area (Å²) in [6, 6.07) is 7.94. The lowest BCUT2D eigenvalue weighted by Gasteiger charge is -2.09. The molecule has 0 radical (unpaired) electrons. The number of ether oxygens (including phenoxy) is 1. The van der Waals surface area contributed by atoms with Gasteiger partial charge in [0.2, 0.25) is 0 Å². The van der Waals surface area contributed by atoms with Crippen LogP contribution >= 0.6 is 33.9 Å². The van der Waals surface area contributed by atoms with E-state index in [4.69, 9.17) is 38.6 Å². The third-order valence-corrected chi connectivity index (χ3v) is 4.53. The quantitative estimate of drug-likeness (QED) is 0.737. The van der Waals surface area contributed by atoms with Gasteiger partial charge in [0, 0.05) is 26.3 Å². The second-order valence-corrected chi connectivity index (χ2v) is 7.46. The zero-order valence-electron chi connectivity index (χ0n) is 10.3. The first-order valence-corrected chi connectivity index (χ1v) is 8.65. The number of hydrogen-bond donors (Lipinski definition) is 0. The van der Waals surface area contributed by atoms with E-state index in [0.29, 0.717) is 15.6 Å². The molecule has 0 aliphatic rings. The molecule has 21 heavy (non-hydrogen) atoms. The Morgan fingerprint density at radius 3 is 2.43 bits per heavy atom. The van der Waals surface area contributed by atoms with Gasteiger partial charge in [-0.15, -0.1) is 0 Å². The molecule has 0 N–H and O–H groups in total. The molecule has 112 valence electrons. The van der Waals surface area contributed by atoms with E-state index < -0.39 is 14.9 Å². The van der Waals surface area contributed by atoms with E-state index >= 15 is 0 Å². The van der Waals surface area contributed by atoms with Crippen LogP contribution in [-0.2, 0) is 15.7 Å². The minimum atomic E-state index is -3.98. The number of hydrogen-bond acceptors (Lipinski definition) is 3. The second-order valence-electron chi connectivity index (χ2n) is 4.05. The monoisotopic (exact) mass is 368 g/mol. The maximum absolute atomic E-state index is 13.8. The standard InChI is InChI=1S/C13H8Cl3FO3S/c14-9-1-3-11(15)8(5-9)7-20-13-4-2-10(6-12(13)17)21(16,18)19/h1-6H,7H2. The van der Waals surface area contributed by atoms with Gasteiger partial charge in [0.15, 0.2) is 11.6 Å². The van der Waals surface area contributed by atoms with Crippen molar-refractivity contribution in [2.75, 3.05) is 0 Å². The Kier molecular flexibility index (Phi) is 4.99. The van der Waals surface area contributed by atoms with Gasteiger partial charge in [-0.05, 0) is 36.4 Å². The maximum Gasteiger partial charge on any atom is 0.261 e. The van der Waals surface area contributed by atoms with Crippen molar-refractivity contribution in [2.45, 2.75) is 11.5 Å². The van der Waals surface area contributed by atoms with E-state index in [0.717, 1.165) is 12.1 Å². The van der Waals surface area contributed by atoms with Crippen LogP contribution in [0.25, 0.3) is 0 Å². The first-order valence-electron chi connectivity index (χ1n) is 5.58. The van der Waals surface area contributed by atoms with Crippen molar-refractivity contribution in [3.8, 4) is 5.75 Å². The van der Waals surface area contributed by atoms with Crippen molar-refractivity contribution in [3.63, 3.8) is 0 Å². The van der Waals surface area contributed by atoms with Crippen LogP contribution < -0.4 is 4.74 Å². The smallest absolute Gasteiger partial charge is 0.261 e. The molecule has 2 aromatic rings. The molecule has 8 heteroatoms. The summed E-state index contributed by atoms with van der Waals surface area (Å²) in [7, 11) is 1.14. The zero-order valence-corrected chi connectivity index (χ0v) is 13.4. The van der Waals surface area contributed by atoms with Gasteiger partial charge in [-0.25, -0.2) is 12.8 Å². The lowest BCUT2D eigenvalue weighted by molar-refractivity contribution is 0.290. The molecule has 2 aromatic carbocycles. The summed E-state index contributed by atoms with van der Waals surface area (Å²) in [4.78, 5) is -0.338. The van der Waals surface area contributed by atoms with E-state index in [2.05, 4.69) is 0 Å². The molecule has 0 saturated heterocycles. The fourth-order valence-corrected chi connectivity index (χ4v) is 2.69. The van der Waals surface area contributed by atoms with Gasteiger partial charge in [0.25, 0.3) is 9.05 Å². The molecule has 0 aliphatic carbocycles.